The topological polar surface area (TPSA) is 61.8 Å². The molecule has 0 spiro atoms. The molecule has 0 fully saturated rings. The SMILES string of the molecule is CCN(CC)c1ccc(C(C(=O)NO)c2ccc(OC)cc2)cc1. The van der Waals surface area contributed by atoms with Crippen LogP contribution in [0.15, 0.2) is 48.5 Å². The highest BCUT2D eigenvalue weighted by Gasteiger charge is 2.22. The molecule has 5 heteroatoms. The first kappa shape index (κ1) is 17.8. The molecule has 0 radical (unpaired) electrons. The fraction of sp³-hybridized carbons (Fsp3) is 0.316. The van der Waals surface area contributed by atoms with Gasteiger partial charge in [0.15, 0.2) is 0 Å². The molecule has 0 aromatic heterocycles. The van der Waals surface area contributed by atoms with Gasteiger partial charge in [-0.3, -0.25) is 10.0 Å². The summed E-state index contributed by atoms with van der Waals surface area (Å²) in [6.07, 6.45) is 0. The molecule has 5 nitrogen and oxygen atoms in total. The van der Waals surface area contributed by atoms with Gasteiger partial charge in [0.05, 0.1) is 13.0 Å². The molecule has 0 saturated carbocycles. The van der Waals surface area contributed by atoms with Crippen molar-refractivity contribution in [2.75, 3.05) is 25.1 Å². The maximum absolute atomic E-state index is 12.2. The van der Waals surface area contributed by atoms with E-state index in [9.17, 15) is 4.79 Å². The van der Waals surface area contributed by atoms with Crippen molar-refractivity contribution in [1.82, 2.24) is 5.48 Å². The molecule has 1 atom stereocenters. The van der Waals surface area contributed by atoms with E-state index in [4.69, 9.17) is 9.94 Å². The van der Waals surface area contributed by atoms with E-state index in [1.165, 1.54) is 0 Å². The van der Waals surface area contributed by atoms with Gasteiger partial charge in [-0.15, -0.1) is 0 Å². The summed E-state index contributed by atoms with van der Waals surface area (Å²) < 4.78 is 5.15. The quantitative estimate of drug-likeness (QED) is 0.605. The second kappa shape index (κ2) is 8.36. The molecular formula is C19H24N2O3. The van der Waals surface area contributed by atoms with E-state index in [1.807, 2.05) is 36.4 Å². The Kier molecular flexibility index (Phi) is 6.21. The molecular weight excluding hydrogens is 304 g/mol. The van der Waals surface area contributed by atoms with Crippen LogP contribution in [0.25, 0.3) is 0 Å². The van der Waals surface area contributed by atoms with Gasteiger partial charge in [-0.25, -0.2) is 5.48 Å². The van der Waals surface area contributed by atoms with Gasteiger partial charge >= 0.3 is 0 Å². The van der Waals surface area contributed by atoms with Crippen LogP contribution in [0.4, 0.5) is 5.69 Å². The molecule has 1 unspecified atom stereocenters. The molecule has 0 aliphatic heterocycles. The second-order valence-electron chi connectivity index (χ2n) is 5.45. The number of benzene rings is 2. The maximum Gasteiger partial charge on any atom is 0.255 e. The molecule has 2 rings (SSSR count). The third kappa shape index (κ3) is 3.86. The van der Waals surface area contributed by atoms with Crippen molar-refractivity contribution >= 4 is 11.6 Å². The molecule has 2 aromatic rings. The number of amides is 1. The average Bonchev–Trinajstić information content (AvgIpc) is 2.64. The van der Waals surface area contributed by atoms with Crippen LogP contribution in [0, 0.1) is 0 Å². The van der Waals surface area contributed by atoms with Crippen LogP contribution in [-0.4, -0.2) is 31.3 Å². The number of nitrogens with one attached hydrogen (secondary N) is 1. The average molecular weight is 328 g/mol. The first-order valence-electron chi connectivity index (χ1n) is 8.07. The number of hydrogen-bond acceptors (Lipinski definition) is 4. The lowest BCUT2D eigenvalue weighted by molar-refractivity contribution is -0.129. The van der Waals surface area contributed by atoms with Crippen LogP contribution in [-0.2, 0) is 4.79 Å². The molecule has 0 saturated heterocycles. The Hall–Kier alpha value is -2.53. The van der Waals surface area contributed by atoms with Crippen molar-refractivity contribution in [3.8, 4) is 5.75 Å². The maximum atomic E-state index is 12.2. The molecule has 2 aromatic carbocycles. The van der Waals surface area contributed by atoms with Crippen LogP contribution >= 0.6 is 0 Å². The minimum atomic E-state index is -0.577. The molecule has 128 valence electrons. The Morgan fingerprint density at radius 2 is 1.54 bits per heavy atom. The Morgan fingerprint density at radius 1 is 1.04 bits per heavy atom. The summed E-state index contributed by atoms with van der Waals surface area (Å²) in [6, 6.07) is 15.1. The van der Waals surface area contributed by atoms with Crippen LogP contribution in [0.1, 0.15) is 30.9 Å². The Balaban J connectivity index is 2.35. The van der Waals surface area contributed by atoms with Gasteiger partial charge in [0.2, 0.25) is 0 Å². The van der Waals surface area contributed by atoms with Crippen LogP contribution < -0.4 is 15.1 Å². The van der Waals surface area contributed by atoms with Crippen LogP contribution in [0.2, 0.25) is 0 Å². The van der Waals surface area contributed by atoms with Gasteiger partial charge in [-0.2, -0.15) is 0 Å². The monoisotopic (exact) mass is 328 g/mol. The summed E-state index contributed by atoms with van der Waals surface area (Å²) in [7, 11) is 1.60. The van der Waals surface area contributed by atoms with Gasteiger partial charge in [-0.1, -0.05) is 24.3 Å². The molecule has 1 amide bonds. The minimum absolute atomic E-state index is 0.462. The lowest BCUT2D eigenvalue weighted by atomic mass is 9.90. The van der Waals surface area contributed by atoms with Crippen molar-refractivity contribution in [3.63, 3.8) is 0 Å². The highest BCUT2D eigenvalue weighted by atomic mass is 16.5. The van der Waals surface area contributed by atoms with Crippen molar-refractivity contribution in [3.05, 3.63) is 59.7 Å². The molecule has 0 bridgehead atoms. The predicted molar refractivity (Wildman–Crippen MR) is 94.8 cm³/mol. The third-order valence-corrected chi connectivity index (χ3v) is 4.18. The summed E-state index contributed by atoms with van der Waals surface area (Å²) in [5, 5.41) is 9.12. The van der Waals surface area contributed by atoms with Gasteiger partial charge in [0, 0.05) is 18.8 Å². The summed E-state index contributed by atoms with van der Waals surface area (Å²) in [4.78, 5) is 14.4. The number of carbonyl (C=O) groups excluding carboxylic acids is 1. The smallest absolute Gasteiger partial charge is 0.255 e. The summed E-state index contributed by atoms with van der Waals surface area (Å²) in [5.74, 6) is -0.318. The summed E-state index contributed by atoms with van der Waals surface area (Å²) in [6.45, 7) is 6.07. The zero-order valence-electron chi connectivity index (χ0n) is 14.3. The van der Waals surface area contributed by atoms with Gasteiger partial charge < -0.3 is 9.64 Å². The number of nitrogens with zero attached hydrogens (tertiary/aromatic N) is 1. The number of ether oxygens (including phenoxy) is 1. The van der Waals surface area contributed by atoms with Crippen molar-refractivity contribution in [1.29, 1.82) is 0 Å². The summed E-state index contributed by atoms with van der Waals surface area (Å²) >= 11 is 0. The van der Waals surface area contributed by atoms with E-state index in [2.05, 4.69) is 18.7 Å². The lowest BCUT2D eigenvalue weighted by Crippen LogP contribution is -2.27. The molecule has 0 heterocycles. The standard InChI is InChI=1S/C19H24N2O3/c1-4-21(5-2)16-10-6-14(7-11-16)18(19(22)20-23)15-8-12-17(24-3)13-9-15/h6-13,18,23H,4-5H2,1-3H3,(H,20,22). The van der Waals surface area contributed by atoms with E-state index in [-0.39, 0.29) is 0 Å². The number of hydroxylamine groups is 1. The van der Waals surface area contributed by atoms with E-state index in [0.29, 0.717) is 0 Å². The number of methoxy groups -OCH3 is 1. The molecule has 0 aliphatic carbocycles. The molecule has 2 N–H and O–H groups in total. The lowest BCUT2D eigenvalue weighted by Gasteiger charge is -2.22. The van der Waals surface area contributed by atoms with E-state index < -0.39 is 11.8 Å². The Labute approximate surface area is 142 Å². The van der Waals surface area contributed by atoms with Gasteiger partial charge in [0.25, 0.3) is 5.91 Å². The largest absolute Gasteiger partial charge is 0.497 e. The summed E-state index contributed by atoms with van der Waals surface area (Å²) in [5.41, 5.74) is 4.49. The first-order valence-corrected chi connectivity index (χ1v) is 8.07. The normalized spacial score (nSPS) is 11.7. The van der Waals surface area contributed by atoms with E-state index >= 15 is 0 Å². The fourth-order valence-electron chi connectivity index (χ4n) is 2.82. The molecule has 24 heavy (non-hydrogen) atoms. The van der Waals surface area contributed by atoms with Crippen LogP contribution in [0.3, 0.4) is 0 Å². The highest BCUT2D eigenvalue weighted by Crippen LogP contribution is 2.28. The highest BCUT2D eigenvalue weighted by molar-refractivity contribution is 5.86. The first-order chi connectivity index (χ1) is 11.6. The fourth-order valence-corrected chi connectivity index (χ4v) is 2.82. The minimum Gasteiger partial charge on any atom is -0.497 e. The Bertz CT molecular complexity index is 649. The second-order valence-corrected chi connectivity index (χ2v) is 5.45. The Morgan fingerprint density at radius 3 is 1.96 bits per heavy atom. The number of anilines is 1. The van der Waals surface area contributed by atoms with Gasteiger partial charge in [0.1, 0.15) is 5.75 Å². The van der Waals surface area contributed by atoms with E-state index in [1.54, 1.807) is 24.7 Å². The number of carbonyl (C=O) groups is 1. The van der Waals surface area contributed by atoms with Crippen molar-refractivity contribution < 1.29 is 14.7 Å². The zero-order chi connectivity index (χ0) is 17.5. The van der Waals surface area contributed by atoms with Crippen molar-refractivity contribution in [2.45, 2.75) is 19.8 Å². The zero-order valence-corrected chi connectivity index (χ0v) is 14.3. The number of hydrogen-bond donors (Lipinski definition) is 2. The van der Waals surface area contributed by atoms with Crippen LogP contribution in [0.5, 0.6) is 5.75 Å². The van der Waals surface area contributed by atoms with E-state index in [0.717, 1.165) is 35.7 Å². The molecule has 0 aliphatic rings. The van der Waals surface area contributed by atoms with Gasteiger partial charge in [-0.05, 0) is 49.2 Å². The third-order valence-electron chi connectivity index (χ3n) is 4.18. The number of rotatable bonds is 7. The predicted octanol–water partition coefficient (Wildman–Crippen LogP) is 3.18. The van der Waals surface area contributed by atoms with Crippen molar-refractivity contribution in [2.24, 2.45) is 0 Å².